The summed E-state index contributed by atoms with van der Waals surface area (Å²) in [5.41, 5.74) is 0.276. The highest BCUT2D eigenvalue weighted by molar-refractivity contribution is 6.31. The largest absolute Gasteiger partial charge is 0.481 e. The fourth-order valence-electron chi connectivity index (χ4n) is 4.56. The molecule has 2 aromatic rings. The number of hydrogen-bond acceptors (Lipinski definition) is 4. The highest BCUT2D eigenvalue weighted by Gasteiger charge is 2.62. The first-order chi connectivity index (χ1) is 15.9. The molecule has 2 amide bonds. The molecule has 34 heavy (non-hydrogen) atoms. The molecule has 1 fully saturated rings. The lowest BCUT2D eigenvalue weighted by molar-refractivity contribution is -0.201. The summed E-state index contributed by atoms with van der Waals surface area (Å²) in [5, 5.41) is 14.4. The number of anilines is 1. The Morgan fingerprint density at radius 3 is 2.62 bits per heavy atom. The van der Waals surface area contributed by atoms with E-state index in [2.05, 4.69) is 10.6 Å². The highest BCUT2D eigenvalue weighted by atomic mass is 35.5. The Labute approximate surface area is 197 Å². The second kappa shape index (κ2) is 8.53. The smallest absolute Gasteiger partial charge is 0.407 e. The maximum atomic E-state index is 13.4. The number of carbonyl (C=O) groups excluding carboxylic acids is 2. The van der Waals surface area contributed by atoms with Crippen molar-refractivity contribution in [3.8, 4) is 0 Å². The summed E-state index contributed by atoms with van der Waals surface area (Å²) in [6, 6.07) is 3.31. The van der Waals surface area contributed by atoms with Crippen LogP contribution in [0.25, 0.3) is 0 Å². The van der Waals surface area contributed by atoms with Crippen LogP contribution in [0.15, 0.2) is 24.4 Å². The number of ether oxygens (including phenoxy) is 1. The normalized spacial score (nSPS) is 19.6. The number of halogens is 4. The van der Waals surface area contributed by atoms with Crippen LogP contribution in [-0.4, -0.2) is 40.2 Å². The van der Waals surface area contributed by atoms with Crippen LogP contribution in [-0.2, 0) is 23.0 Å². The number of fused-ring (bicyclic) bond motifs is 1. The molecule has 182 valence electrons. The number of rotatable bonds is 6. The second-order valence-electron chi connectivity index (χ2n) is 8.71. The van der Waals surface area contributed by atoms with Crippen LogP contribution in [0.5, 0.6) is 0 Å². The van der Waals surface area contributed by atoms with Gasteiger partial charge >= 0.3 is 12.1 Å². The molecule has 1 heterocycles. The van der Waals surface area contributed by atoms with Crippen molar-refractivity contribution in [2.24, 2.45) is 12.5 Å². The second-order valence-corrected chi connectivity index (χ2v) is 9.12. The monoisotopic (exact) mass is 499 g/mol. The van der Waals surface area contributed by atoms with Crippen LogP contribution in [0.1, 0.15) is 46.9 Å². The number of alkyl carbamates (subject to hydrolysis) is 1. The maximum absolute atomic E-state index is 13.4. The van der Waals surface area contributed by atoms with E-state index in [9.17, 15) is 32.7 Å². The first-order valence-electron chi connectivity index (χ1n) is 10.4. The summed E-state index contributed by atoms with van der Waals surface area (Å²) >= 11 is 5.76. The molecule has 0 aliphatic heterocycles. The number of aliphatic carboxylic acids is 1. The predicted molar refractivity (Wildman–Crippen MR) is 115 cm³/mol. The lowest BCUT2D eigenvalue weighted by atomic mass is 9.66. The van der Waals surface area contributed by atoms with Gasteiger partial charge < -0.3 is 25.0 Å². The number of aryl methyl sites for hydroxylation is 1. The molecule has 0 spiro atoms. The molecule has 3 N–H and O–H groups in total. The molecule has 8 nitrogen and oxygen atoms in total. The molecule has 1 aromatic carbocycles. The molecule has 4 rings (SSSR count). The standard InChI is InChI=1S/C22H21ClF3N3O5/c1-29-7-13-12(17(29)18(30)27-11-2-4-15(24)14(23)6-11)3-5-16(13)28-20(33)34-10-21(19(31)32)8-22(25,26)9-21/h2,4,6-7,16H,3,5,8-10H2,1H3,(H,27,30)(H,28,33)(H,31,32)/t16-/m1/s1. The Balaban J connectivity index is 1.41. The Kier molecular flexibility index (Phi) is 6.01. The fraction of sp³-hybridized carbons (Fsp3) is 0.409. The summed E-state index contributed by atoms with van der Waals surface area (Å²) in [4.78, 5) is 36.5. The van der Waals surface area contributed by atoms with E-state index in [1.807, 2.05) is 0 Å². The third kappa shape index (κ3) is 4.44. The molecule has 1 atom stereocenters. The summed E-state index contributed by atoms with van der Waals surface area (Å²) < 4.78 is 46.4. The lowest BCUT2D eigenvalue weighted by Crippen LogP contribution is -2.54. The van der Waals surface area contributed by atoms with Crippen molar-refractivity contribution in [3.63, 3.8) is 0 Å². The van der Waals surface area contributed by atoms with Gasteiger partial charge in [0.2, 0.25) is 0 Å². The van der Waals surface area contributed by atoms with Crippen LogP contribution in [0, 0.1) is 11.2 Å². The fourth-order valence-corrected chi connectivity index (χ4v) is 4.74. The number of carboxylic acids is 1. The van der Waals surface area contributed by atoms with Crippen molar-refractivity contribution in [1.29, 1.82) is 0 Å². The minimum absolute atomic E-state index is 0.131. The van der Waals surface area contributed by atoms with Crippen molar-refractivity contribution in [2.45, 2.75) is 37.6 Å². The Hall–Kier alpha value is -3.21. The van der Waals surface area contributed by atoms with Crippen LogP contribution < -0.4 is 10.6 Å². The van der Waals surface area contributed by atoms with Crippen molar-refractivity contribution >= 4 is 35.3 Å². The number of aromatic nitrogens is 1. The molecule has 0 unspecified atom stereocenters. The van der Waals surface area contributed by atoms with Gasteiger partial charge in [-0.25, -0.2) is 18.0 Å². The minimum Gasteiger partial charge on any atom is -0.481 e. The van der Waals surface area contributed by atoms with Crippen molar-refractivity contribution in [2.75, 3.05) is 11.9 Å². The van der Waals surface area contributed by atoms with Crippen molar-refractivity contribution in [1.82, 2.24) is 9.88 Å². The van der Waals surface area contributed by atoms with Gasteiger partial charge in [0.25, 0.3) is 11.8 Å². The van der Waals surface area contributed by atoms with E-state index in [-0.39, 0.29) is 5.02 Å². The number of amides is 2. The van der Waals surface area contributed by atoms with Gasteiger partial charge in [-0.15, -0.1) is 0 Å². The molecule has 1 aromatic heterocycles. The maximum Gasteiger partial charge on any atom is 0.407 e. The predicted octanol–water partition coefficient (Wildman–Crippen LogP) is 4.28. The minimum atomic E-state index is -3.08. The third-order valence-corrected chi connectivity index (χ3v) is 6.48. The summed E-state index contributed by atoms with van der Waals surface area (Å²) in [7, 11) is 1.66. The summed E-state index contributed by atoms with van der Waals surface area (Å²) in [5.74, 6) is -5.57. The highest BCUT2D eigenvalue weighted by Crippen LogP contribution is 2.52. The van der Waals surface area contributed by atoms with Gasteiger partial charge in [0.05, 0.1) is 11.1 Å². The molecular formula is C22H21ClF3N3O5. The van der Waals surface area contributed by atoms with Gasteiger partial charge in [-0.3, -0.25) is 9.59 Å². The van der Waals surface area contributed by atoms with Crippen LogP contribution >= 0.6 is 11.6 Å². The van der Waals surface area contributed by atoms with Gasteiger partial charge in [0, 0.05) is 31.8 Å². The average molecular weight is 500 g/mol. The Morgan fingerprint density at radius 1 is 1.29 bits per heavy atom. The van der Waals surface area contributed by atoms with Gasteiger partial charge in [0.1, 0.15) is 23.5 Å². The zero-order chi connectivity index (χ0) is 24.8. The first-order valence-corrected chi connectivity index (χ1v) is 10.8. The summed E-state index contributed by atoms with van der Waals surface area (Å²) in [6.45, 7) is -0.661. The summed E-state index contributed by atoms with van der Waals surface area (Å²) in [6.07, 6.45) is -0.0702. The molecule has 2 aliphatic rings. The molecule has 0 saturated heterocycles. The number of alkyl halides is 2. The topological polar surface area (TPSA) is 110 Å². The number of nitrogens with zero attached hydrogens (tertiary/aromatic N) is 1. The molecular weight excluding hydrogens is 479 g/mol. The van der Waals surface area contributed by atoms with Gasteiger partial charge in [-0.2, -0.15) is 0 Å². The van der Waals surface area contributed by atoms with E-state index in [4.69, 9.17) is 16.3 Å². The zero-order valence-electron chi connectivity index (χ0n) is 18.0. The van der Waals surface area contributed by atoms with Gasteiger partial charge in [0.15, 0.2) is 0 Å². The Bertz CT molecular complexity index is 1170. The first kappa shape index (κ1) is 23.9. The molecule has 12 heteroatoms. The van der Waals surface area contributed by atoms with E-state index >= 15 is 0 Å². The number of nitrogens with one attached hydrogen (secondary N) is 2. The van der Waals surface area contributed by atoms with E-state index < -0.39 is 60.6 Å². The van der Waals surface area contributed by atoms with E-state index in [0.29, 0.717) is 35.3 Å². The van der Waals surface area contributed by atoms with E-state index in [1.54, 1.807) is 17.8 Å². The third-order valence-electron chi connectivity index (χ3n) is 6.19. The zero-order valence-corrected chi connectivity index (χ0v) is 18.7. The van der Waals surface area contributed by atoms with Crippen molar-refractivity contribution in [3.05, 3.63) is 52.1 Å². The molecule has 1 saturated carbocycles. The number of hydrogen-bond donors (Lipinski definition) is 3. The quantitative estimate of drug-likeness (QED) is 0.549. The average Bonchev–Trinajstić information content (AvgIpc) is 3.25. The van der Waals surface area contributed by atoms with Gasteiger partial charge in [-0.05, 0) is 42.2 Å². The SMILES string of the molecule is Cn1cc2c(c1C(=O)Nc1ccc(F)c(Cl)c1)CC[C@H]2NC(=O)OCC1(C(=O)O)CC(F)(F)C1. The lowest BCUT2D eigenvalue weighted by Gasteiger charge is -2.43. The van der Waals surface area contributed by atoms with Gasteiger partial charge in [-0.1, -0.05) is 11.6 Å². The number of carboxylic acid groups (broad SMARTS) is 1. The number of benzene rings is 1. The van der Waals surface area contributed by atoms with Crippen LogP contribution in [0.2, 0.25) is 5.02 Å². The molecule has 0 bridgehead atoms. The van der Waals surface area contributed by atoms with Crippen molar-refractivity contribution < 1.29 is 37.4 Å². The molecule has 2 aliphatic carbocycles. The number of carbonyl (C=O) groups is 3. The van der Waals surface area contributed by atoms with Crippen LogP contribution in [0.4, 0.5) is 23.7 Å². The molecule has 0 radical (unpaired) electrons. The Morgan fingerprint density at radius 2 is 2.00 bits per heavy atom. The van der Waals surface area contributed by atoms with E-state index in [0.717, 1.165) is 6.07 Å². The van der Waals surface area contributed by atoms with Crippen LogP contribution in [0.3, 0.4) is 0 Å². The van der Waals surface area contributed by atoms with E-state index in [1.165, 1.54) is 12.1 Å².